The van der Waals surface area contributed by atoms with Crippen LogP contribution < -0.4 is 5.32 Å². The fourth-order valence-corrected chi connectivity index (χ4v) is 2.87. The highest BCUT2D eigenvalue weighted by molar-refractivity contribution is 5.76. The molecule has 4 nitrogen and oxygen atoms in total. The predicted molar refractivity (Wildman–Crippen MR) is 96.8 cm³/mol. The van der Waals surface area contributed by atoms with Crippen molar-refractivity contribution in [3.8, 4) is 11.1 Å². The Kier molecular flexibility index (Phi) is 3.79. The van der Waals surface area contributed by atoms with Crippen LogP contribution in [-0.4, -0.2) is 4.98 Å². The average molecular weight is 315 g/mol. The first-order valence-electron chi connectivity index (χ1n) is 8.08. The summed E-state index contributed by atoms with van der Waals surface area (Å²) in [5.41, 5.74) is 5.45. The fourth-order valence-electron chi connectivity index (χ4n) is 2.87. The minimum absolute atomic E-state index is 0.464. The minimum atomic E-state index is 0.464. The van der Waals surface area contributed by atoms with E-state index in [1.54, 1.807) is 6.20 Å². The molecule has 0 bridgehead atoms. The van der Waals surface area contributed by atoms with Crippen LogP contribution in [0.15, 0.2) is 72.2 Å². The molecule has 118 valence electrons. The molecule has 0 radical (unpaired) electrons. The van der Waals surface area contributed by atoms with Crippen LogP contribution in [0.2, 0.25) is 0 Å². The molecule has 0 amide bonds. The van der Waals surface area contributed by atoms with Crippen LogP contribution in [0.5, 0.6) is 0 Å². The van der Waals surface area contributed by atoms with Gasteiger partial charge in [0.2, 0.25) is 0 Å². The van der Waals surface area contributed by atoms with E-state index >= 15 is 0 Å². The van der Waals surface area contributed by atoms with Gasteiger partial charge < -0.3 is 5.32 Å². The molecule has 1 aromatic heterocycles. The summed E-state index contributed by atoms with van der Waals surface area (Å²) in [6.07, 6.45) is 6.01. The van der Waals surface area contributed by atoms with Gasteiger partial charge in [-0.05, 0) is 65.4 Å². The van der Waals surface area contributed by atoms with Gasteiger partial charge in [0.1, 0.15) is 5.69 Å². The number of nitroso groups, excluding NO2 is 1. The first kappa shape index (κ1) is 14.6. The van der Waals surface area contributed by atoms with Gasteiger partial charge >= 0.3 is 0 Å². The van der Waals surface area contributed by atoms with Gasteiger partial charge in [0.05, 0.1) is 5.69 Å². The summed E-state index contributed by atoms with van der Waals surface area (Å²) in [7, 11) is 0. The largest absolute Gasteiger partial charge is 0.354 e. The standard InChI is InChI=1S/C20H17N3O/c24-23-20-12-16(14-6-7-14)8-9-19(20)22-18-5-1-3-15(11-18)17-4-2-10-21-13-17/h1-5,8-14,22H,6-7H2. The van der Waals surface area contributed by atoms with Crippen molar-refractivity contribution in [3.05, 3.63) is 77.5 Å². The van der Waals surface area contributed by atoms with E-state index in [1.807, 2.05) is 54.7 Å². The summed E-state index contributed by atoms with van der Waals surface area (Å²) < 4.78 is 0. The highest BCUT2D eigenvalue weighted by Crippen LogP contribution is 2.42. The summed E-state index contributed by atoms with van der Waals surface area (Å²) in [5.74, 6) is 0.605. The Labute approximate surface area is 140 Å². The third kappa shape index (κ3) is 3.04. The van der Waals surface area contributed by atoms with E-state index in [4.69, 9.17) is 0 Å². The molecule has 1 aliphatic rings. The van der Waals surface area contributed by atoms with Crippen molar-refractivity contribution in [1.29, 1.82) is 0 Å². The first-order chi connectivity index (χ1) is 11.8. The minimum Gasteiger partial charge on any atom is -0.354 e. The van der Waals surface area contributed by atoms with Gasteiger partial charge in [0, 0.05) is 23.6 Å². The molecule has 0 spiro atoms. The summed E-state index contributed by atoms with van der Waals surface area (Å²) in [5, 5.41) is 6.50. The maximum absolute atomic E-state index is 11.2. The summed E-state index contributed by atoms with van der Waals surface area (Å²) >= 11 is 0. The van der Waals surface area contributed by atoms with Crippen molar-refractivity contribution < 1.29 is 0 Å². The molecule has 0 atom stereocenters. The quantitative estimate of drug-likeness (QED) is 0.608. The molecule has 0 unspecified atom stereocenters. The van der Waals surface area contributed by atoms with Crippen molar-refractivity contribution >= 4 is 17.1 Å². The van der Waals surface area contributed by atoms with E-state index in [1.165, 1.54) is 18.4 Å². The molecule has 1 saturated carbocycles. The van der Waals surface area contributed by atoms with Gasteiger partial charge in [0.15, 0.2) is 0 Å². The van der Waals surface area contributed by atoms with Gasteiger partial charge in [-0.1, -0.05) is 24.3 Å². The number of rotatable bonds is 5. The van der Waals surface area contributed by atoms with Crippen LogP contribution >= 0.6 is 0 Å². The molecule has 0 aliphatic heterocycles. The smallest absolute Gasteiger partial charge is 0.131 e. The molecule has 1 heterocycles. The van der Waals surface area contributed by atoms with Crippen LogP contribution in [-0.2, 0) is 0 Å². The van der Waals surface area contributed by atoms with Crippen LogP contribution in [0, 0.1) is 4.91 Å². The number of pyridine rings is 1. The van der Waals surface area contributed by atoms with E-state index in [-0.39, 0.29) is 0 Å². The normalized spacial score (nSPS) is 13.5. The van der Waals surface area contributed by atoms with Crippen molar-refractivity contribution in [3.63, 3.8) is 0 Å². The van der Waals surface area contributed by atoms with Crippen LogP contribution in [0.4, 0.5) is 17.1 Å². The van der Waals surface area contributed by atoms with Gasteiger partial charge in [-0.2, -0.15) is 0 Å². The van der Waals surface area contributed by atoms with E-state index in [2.05, 4.69) is 21.5 Å². The second-order valence-electron chi connectivity index (χ2n) is 6.09. The van der Waals surface area contributed by atoms with E-state index in [0.717, 1.165) is 22.5 Å². The lowest BCUT2D eigenvalue weighted by Crippen LogP contribution is -1.92. The lowest BCUT2D eigenvalue weighted by molar-refractivity contribution is 1.13. The molecule has 1 fully saturated rings. The van der Waals surface area contributed by atoms with Crippen molar-refractivity contribution in [2.75, 3.05) is 5.32 Å². The average Bonchev–Trinajstić information content (AvgIpc) is 3.48. The highest BCUT2D eigenvalue weighted by Gasteiger charge is 2.24. The second kappa shape index (κ2) is 6.24. The molecule has 0 saturated heterocycles. The summed E-state index contributed by atoms with van der Waals surface area (Å²) in [4.78, 5) is 15.4. The van der Waals surface area contributed by atoms with Crippen LogP contribution in [0.25, 0.3) is 11.1 Å². The predicted octanol–water partition coefficient (Wildman–Crippen LogP) is 5.77. The number of hydrogen-bond donors (Lipinski definition) is 1. The van der Waals surface area contributed by atoms with Crippen molar-refractivity contribution in [2.24, 2.45) is 5.18 Å². The van der Waals surface area contributed by atoms with Crippen molar-refractivity contribution in [1.82, 2.24) is 4.98 Å². The molecule has 2 aromatic carbocycles. The highest BCUT2D eigenvalue weighted by atomic mass is 16.3. The second-order valence-corrected chi connectivity index (χ2v) is 6.09. The fraction of sp³-hybridized carbons (Fsp3) is 0.150. The monoisotopic (exact) mass is 315 g/mol. The molecular formula is C20H17N3O. The topological polar surface area (TPSA) is 54.4 Å². The Balaban J connectivity index is 1.62. The number of nitrogens with zero attached hydrogens (tertiary/aromatic N) is 2. The molecule has 1 aliphatic carbocycles. The Hall–Kier alpha value is -3.01. The van der Waals surface area contributed by atoms with Gasteiger partial charge in [-0.25, -0.2) is 0 Å². The lowest BCUT2D eigenvalue weighted by Gasteiger charge is -2.11. The number of aromatic nitrogens is 1. The number of hydrogen-bond acceptors (Lipinski definition) is 4. The summed E-state index contributed by atoms with van der Waals surface area (Å²) in [6.45, 7) is 0. The van der Waals surface area contributed by atoms with E-state index in [9.17, 15) is 4.91 Å². The van der Waals surface area contributed by atoms with Gasteiger partial charge in [-0.15, -0.1) is 4.91 Å². The third-order valence-corrected chi connectivity index (χ3v) is 4.31. The van der Waals surface area contributed by atoms with Crippen LogP contribution in [0.1, 0.15) is 24.3 Å². The maximum Gasteiger partial charge on any atom is 0.131 e. The molecule has 3 aromatic rings. The molecule has 4 rings (SSSR count). The van der Waals surface area contributed by atoms with Crippen LogP contribution in [0.3, 0.4) is 0 Å². The Bertz CT molecular complexity index is 873. The first-order valence-corrected chi connectivity index (χ1v) is 8.08. The zero-order chi connectivity index (χ0) is 16.4. The number of benzene rings is 2. The Morgan fingerprint density at radius 3 is 2.62 bits per heavy atom. The molecular weight excluding hydrogens is 298 g/mol. The number of nitrogens with one attached hydrogen (secondary N) is 1. The van der Waals surface area contributed by atoms with Gasteiger partial charge in [0.25, 0.3) is 0 Å². The lowest BCUT2D eigenvalue weighted by atomic mass is 10.1. The third-order valence-electron chi connectivity index (χ3n) is 4.31. The zero-order valence-corrected chi connectivity index (χ0v) is 13.1. The van der Waals surface area contributed by atoms with E-state index in [0.29, 0.717) is 11.6 Å². The van der Waals surface area contributed by atoms with Crippen molar-refractivity contribution in [2.45, 2.75) is 18.8 Å². The Morgan fingerprint density at radius 2 is 1.88 bits per heavy atom. The molecule has 4 heteroatoms. The number of anilines is 2. The zero-order valence-electron chi connectivity index (χ0n) is 13.1. The van der Waals surface area contributed by atoms with E-state index < -0.39 is 0 Å². The Morgan fingerprint density at radius 1 is 1.00 bits per heavy atom. The van der Waals surface area contributed by atoms with Gasteiger partial charge in [-0.3, -0.25) is 4.98 Å². The SMILES string of the molecule is O=Nc1cc(C2CC2)ccc1Nc1cccc(-c2cccnc2)c1. The maximum atomic E-state index is 11.2. The molecule has 24 heavy (non-hydrogen) atoms. The summed E-state index contributed by atoms with van der Waals surface area (Å²) in [6, 6.07) is 17.9. The molecule has 1 N–H and O–H groups in total.